The predicted octanol–water partition coefficient (Wildman–Crippen LogP) is 9.08. The van der Waals surface area contributed by atoms with Crippen LogP contribution in [-0.4, -0.2) is 51.1 Å². The molecule has 8 aromatic carbocycles. The monoisotopic (exact) mass is 704 g/mol. The van der Waals surface area contributed by atoms with Gasteiger partial charge in [-0.3, -0.25) is 0 Å². The molecule has 1 aliphatic carbocycles. The molecule has 11 heteroatoms. The summed E-state index contributed by atoms with van der Waals surface area (Å²) in [6.45, 7) is 0. The number of aromatic hydroxyl groups is 10. The van der Waals surface area contributed by atoms with E-state index in [1.165, 1.54) is 0 Å². The van der Waals surface area contributed by atoms with Crippen molar-refractivity contribution in [1.29, 1.82) is 0 Å². The van der Waals surface area contributed by atoms with Crippen LogP contribution in [0.4, 0.5) is 0 Å². The van der Waals surface area contributed by atoms with Crippen LogP contribution in [0.3, 0.4) is 0 Å². The van der Waals surface area contributed by atoms with E-state index in [9.17, 15) is 51.1 Å². The second kappa shape index (κ2) is 9.98. The topological polar surface area (TPSA) is 215 Å². The minimum absolute atomic E-state index is 0.00320. The van der Waals surface area contributed by atoms with Crippen molar-refractivity contribution in [2.24, 2.45) is 0 Å². The lowest BCUT2D eigenvalue weighted by Crippen LogP contribution is -1.95. The van der Waals surface area contributed by atoms with Gasteiger partial charge in [0.25, 0.3) is 0 Å². The van der Waals surface area contributed by atoms with E-state index in [2.05, 4.69) is 0 Å². The number of phenols is 10. The quantitative estimate of drug-likeness (QED) is 0.0465. The van der Waals surface area contributed by atoms with Crippen molar-refractivity contribution in [2.45, 2.75) is 0 Å². The van der Waals surface area contributed by atoms with E-state index < -0.39 is 57.5 Å². The summed E-state index contributed by atoms with van der Waals surface area (Å²) in [5.41, 5.74) is -0.418. The molecule has 0 saturated carbocycles. The van der Waals surface area contributed by atoms with Crippen molar-refractivity contribution in [3.63, 3.8) is 0 Å². The van der Waals surface area contributed by atoms with E-state index in [-0.39, 0.29) is 71.7 Å². The van der Waals surface area contributed by atoms with Crippen LogP contribution in [0.2, 0.25) is 0 Å². The Kier molecular flexibility index (Phi) is 5.69. The van der Waals surface area contributed by atoms with Gasteiger partial charge in [0.2, 0.25) is 23.0 Å². The normalized spacial score (nSPS) is 12.2. The molecule has 0 amide bonds. The van der Waals surface area contributed by atoms with E-state index >= 15 is 0 Å². The lowest BCUT2D eigenvalue weighted by Gasteiger charge is -2.22. The maximum atomic E-state index is 11.8. The van der Waals surface area contributed by atoms with Crippen LogP contribution in [-0.2, 0) is 0 Å². The molecule has 10 N–H and O–H groups in total. The van der Waals surface area contributed by atoms with Crippen molar-refractivity contribution in [3.8, 4) is 102 Å². The third-order valence-electron chi connectivity index (χ3n) is 10.5. The summed E-state index contributed by atoms with van der Waals surface area (Å²) in [6.07, 6.45) is 0. The molecule has 0 spiro atoms. The van der Waals surface area contributed by atoms with Gasteiger partial charge in [-0.2, -0.15) is 0 Å². The molecule has 0 unspecified atom stereocenters. The highest BCUT2D eigenvalue weighted by Gasteiger charge is 2.37. The second-order valence-corrected chi connectivity index (χ2v) is 13.1. The summed E-state index contributed by atoms with van der Waals surface area (Å²) < 4.78 is 5.82. The summed E-state index contributed by atoms with van der Waals surface area (Å²) >= 11 is 0. The van der Waals surface area contributed by atoms with Gasteiger partial charge in [0.05, 0.1) is 11.1 Å². The molecule has 0 bridgehead atoms. The van der Waals surface area contributed by atoms with E-state index in [1.54, 1.807) is 60.7 Å². The molecule has 11 nitrogen and oxygen atoms in total. The van der Waals surface area contributed by atoms with Crippen LogP contribution in [0, 0.1) is 0 Å². The van der Waals surface area contributed by atoms with Gasteiger partial charge in [0.15, 0.2) is 45.7 Å². The van der Waals surface area contributed by atoms with Gasteiger partial charge in [-0.05, 0) is 49.5 Å². The third-order valence-corrected chi connectivity index (χ3v) is 10.5. The molecular formula is C42H24O11. The molecule has 0 fully saturated rings. The maximum absolute atomic E-state index is 11.8. The highest BCUT2D eigenvalue weighted by molar-refractivity contribution is 6.35. The van der Waals surface area contributed by atoms with Gasteiger partial charge in [-0.15, -0.1) is 0 Å². The highest BCUT2D eigenvalue weighted by atomic mass is 16.4. The summed E-state index contributed by atoms with van der Waals surface area (Å²) in [7, 11) is 0. The molecule has 1 aromatic heterocycles. The van der Waals surface area contributed by atoms with Crippen LogP contribution < -0.4 is 0 Å². The van der Waals surface area contributed by atoms with E-state index in [0.29, 0.717) is 16.3 Å². The van der Waals surface area contributed by atoms with Crippen LogP contribution >= 0.6 is 0 Å². The first-order valence-corrected chi connectivity index (χ1v) is 16.3. The molecular weight excluding hydrogens is 680 g/mol. The number of furan rings is 1. The molecule has 1 aliphatic rings. The zero-order valence-corrected chi connectivity index (χ0v) is 27.0. The van der Waals surface area contributed by atoms with Gasteiger partial charge in [0.1, 0.15) is 0 Å². The van der Waals surface area contributed by atoms with Gasteiger partial charge in [-0.25, -0.2) is 0 Å². The first kappa shape index (κ1) is 30.2. The Labute approximate surface area is 296 Å². The van der Waals surface area contributed by atoms with Gasteiger partial charge in [0, 0.05) is 33.0 Å². The molecule has 1 heterocycles. The standard InChI is InChI=1S/C42H24O11/c43-31-22(17-13-12-15-6-1-2-7-16(15)14-17)32(44)36(48)30(35(31)47)23-18-8-3-4-9-19(18)25-24-20(23)10-5-11-21(24)26-28-29-27(25)34(46)38(50)40(52)42(29)53-41(28)39(51)37(49)33(26)45/h1-14,43-52H. The summed E-state index contributed by atoms with van der Waals surface area (Å²) in [5, 5.41) is 117. The number of rotatable bonds is 2. The first-order chi connectivity index (χ1) is 25.5. The van der Waals surface area contributed by atoms with Crippen molar-refractivity contribution >= 4 is 54.3 Å². The second-order valence-electron chi connectivity index (χ2n) is 13.1. The zero-order valence-electron chi connectivity index (χ0n) is 27.0. The SMILES string of the molecule is Oc1c(O)c(-c2c3ccccc3c3c4c(cccc24)-c2c(O)c(O)c(O)c4oc5c(O)c(O)c(O)c-3c5c24)c(O)c(O)c1-c1ccc2ccccc2c1. The summed E-state index contributed by atoms with van der Waals surface area (Å²) in [6, 6.07) is 24.0. The van der Waals surface area contributed by atoms with Crippen molar-refractivity contribution in [3.05, 3.63) is 84.9 Å². The fourth-order valence-electron chi connectivity index (χ4n) is 8.18. The van der Waals surface area contributed by atoms with Gasteiger partial charge in [-0.1, -0.05) is 78.9 Å². The van der Waals surface area contributed by atoms with Crippen molar-refractivity contribution < 1.29 is 55.5 Å². The molecule has 0 atom stereocenters. The van der Waals surface area contributed by atoms with Crippen molar-refractivity contribution in [1.82, 2.24) is 0 Å². The molecule has 0 radical (unpaired) electrons. The van der Waals surface area contributed by atoms with Gasteiger partial charge < -0.3 is 55.5 Å². The number of fused-ring (bicyclic) bond motifs is 5. The van der Waals surface area contributed by atoms with E-state index in [1.807, 2.05) is 24.3 Å². The maximum Gasteiger partial charge on any atom is 0.205 e. The van der Waals surface area contributed by atoms with Crippen LogP contribution in [0.5, 0.6) is 57.5 Å². The van der Waals surface area contributed by atoms with Crippen LogP contribution in [0.15, 0.2) is 89.3 Å². The van der Waals surface area contributed by atoms with Crippen LogP contribution in [0.25, 0.3) is 98.8 Å². The largest absolute Gasteiger partial charge is 0.504 e. The third kappa shape index (κ3) is 3.56. The number of benzene rings is 8. The Morgan fingerprint density at radius 3 is 1.49 bits per heavy atom. The Bertz CT molecular complexity index is 3150. The lowest BCUT2D eigenvalue weighted by atomic mass is 9.82. The minimum Gasteiger partial charge on any atom is -0.504 e. The number of phenolic OH excluding ortho intramolecular Hbond substituents is 10. The Morgan fingerprint density at radius 2 is 0.830 bits per heavy atom. The smallest absolute Gasteiger partial charge is 0.205 e. The lowest BCUT2D eigenvalue weighted by molar-refractivity contribution is 0.364. The zero-order chi connectivity index (χ0) is 36.8. The molecule has 0 saturated heterocycles. The molecule has 10 rings (SSSR count). The highest BCUT2D eigenvalue weighted by Crippen LogP contribution is 2.65. The fourth-order valence-corrected chi connectivity index (χ4v) is 8.18. The molecule has 53 heavy (non-hydrogen) atoms. The summed E-state index contributed by atoms with van der Waals surface area (Å²) in [4.78, 5) is 0. The fraction of sp³-hybridized carbons (Fsp3) is 0. The van der Waals surface area contributed by atoms with E-state index in [4.69, 9.17) is 4.42 Å². The average Bonchev–Trinajstić information content (AvgIpc) is 3.50. The predicted molar refractivity (Wildman–Crippen MR) is 198 cm³/mol. The van der Waals surface area contributed by atoms with Crippen molar-refractivity contribution in [2.75, 3.05) is 0 Å². The molecule has 0 aliphatic heterocycles. The minimum atomic E-state index is -0.934. The summed E-state index contributed by atoms with van der Waals surface area (Å²) in [5.74, 6) is -8.00. The molecule has 258 valence electrons. The number of hydrogen-bond acceptors (Lipinski definition) is 11. The van der Waals surface area contributed by atoms with Gasteiger partial charge >= 0.3 is 0 Å². The number of hydrogen-bond donors (Lipinski definition) is 10. The first-order valence-electron chi connectivity index (χ1n) is 16.3. The van der Waals surface area contributed by atoms with Crippen LogP contribution in [0.1, 0.15) is 0 Å². The van der Waals surface area contributed by atoms with E-state index in [0.717, 1.165) is 10.8 Å². The Hall–Kier alpha value is -7.66. The Balaban J connectivity index is 1.41. The Morgan fingerprint density at radius 1 is 0.321 bits per heavy atom. The average molecular weight is 705 g/mol. The molecule has 9 aromatic rings.